The smallest absolute Gasteiger partial charge is 0.274 e. The number of amides is 1. The molecular formula is C19H16ClFN4O. The van der Waals surface area contributed by atoms with Gasteiger partial charge in [0.15, 0.2) is 0 Å². The summed E-state index contributed by atoms with van der Waals surface area (Å²) in [6.45, 7) is 3.63. The summed E-state index contributed by atoms with van der Waals surface area (Å²) in [7, 11) is 0. The van der Waals surface area contributed by atoms with Crippen molar-refractivity contribution in [3.8, 4) is 0 Å². The van der Waals surface area contributed by atoms with Crippen molar-refractivity contribution in [2.24, 2.45) is 0 Å². The third kappa shape index (κ3) is 4.34. The molecule has 2 N–H and O–H groups in total. The van der Waals surface area contributed by atoms with Gasteiger partial charge in [0.05, 0.1) is 0 Å². The number of aryl methyl sites for hydroxylation is 2. The molecule has 0 aliphatic rings. The Kier molecular flexibility index (Phi) is 5.14. The van der Waals surface area contributed by atoms with Crippen molar-refractivity contribution in [2.45, 2.75) is 13.8 Å². The Bertz CT molecular complexity index is 978. The summed E-state index contributed by atoms with van der Waals surface area (Å²) in [5.74, 6) is -0.558. The SMILES string of the molecule is Cc1cc(C(=O)Nc2ccc(C)c(Cl)c2)nc(Nc2cccc(F)c2)n1. The second-order valence-electron chi connectivity index (χ2n) is 5.77. The van der Waals surface area contributed by atoms with Crippen LogP contribution < -0.4 is 10.6 Å². The zero-order valence-corrected chi connectivity index (χ0v) is 14.9. The van der Waals surface area contributed by atoms with Crippen molar-refractivity contribution in [1.29, 1.82) is 0 Å². The van der Waals surface area contributed by atoms with E-state index in [0.29, 0.717) is 22.1 Å². The van der Waals surface area contributed by atoms with Crippen LogP contribution >= 0.6 is 11.6 Å². The van der Waals surface area contributed by atoms with E-state index in [0.717, 1.165) is 5.56 Å². The first-order chi connectivity index (χ1) is 12.4. The highest BCUT2D eigenvalue weighted by atomic mass is 35.5. The van der Waals surface area contributed by atoms with Crippen LogP contribution in [0.15, 0.2) is 48.5 Å². The second kappa shape index (κ2) is 7.49. The lowest BCUT2D eigenvalue weighted by molar-refractivity contribution is 0.102. The van der Waals surface area contributed by atoms with Crippen molar-refractivity contribution in [1.82, 2.24) is 9.97 Å². The number of aromatic nitrogens is 2. The molecule has 0 fully saturated rings. The van der Waals surface area contributed by atoms with E-state index in [1.54, 1.807) is 37.3 Å². The Morgan fingerprint density at radius 2 is 1.85 bits per heavy atom. The standard InChI is InChI=1S/C19H16ClFN4O/c1-11-6-7-15(10-16(11)20)23-18(26)17-8-12(2)22-19(25-17)24-14-5-3-4-13(21)9-14/h3-10H,1-2H3,(H,23,26)(H,22,24,25). The Hall–Kier alpha value is -2.99. The molecule has 7 heteroatoms. The maximum atomic E-state index is 13.3. The van der Waals surface area contributed by atoms with Crippen LogP contribution in [0.2, 0.25) is 5.02 Å². The lowest BCUT2D eigenvalue weighted by atomic mass is 10.2. The fourth-order valence-electron chi connectivity index (χ4n) is 2.30. The van der Waals surface area contributed by atoms with Crippen LogP contribution in [0.1, 0.15) is 21.7 Å². The molecule has 0 radical (unpaired) electrons. The number of nitrogens with zero attached hydrogens (tertiary/aromatic N) is 2. The minimum atomic E-state index is -0.391. The number of nitrogens with one attached hydrogen (secondary N) is 2. The molecule has 3 rings (SSSR count). The van der Waals surface area contributed by atoms with Crippen molar-refractivity contribution in [3.63, 3.8) is 0 Å². The Morgan fingerprint density at radius 3 is 2.58 bits per heavy atom. The van der Waals surface area contributed by atoms with Gasteiger partial charge in [-0.2, -0.15) is 0 Å². The van der Waals surface area contributed by atoms with Gasteiger partial charge in [0.25, 0.3) is 5.91 Å². The highest BCUT2D eigenvalue weighted by molar-refractivity contribution is 6.31. The Morgan fingerprint density at radius 1 is 1.04 bits per heavy atom. The highest BCUT2D eigenvalue weighted by Crippen LogP contribution is 2.21. The van der Waals surface area contributed by atoms with Crippen molar-refractivity contribution >= 4 is 34.8 Å². The average Bonchev–Trinajstić information content (AvgIpc) is 2.57. The Labute approximate surface area is 155 Å². The molecule has 0 aliphatic heterocycles. The Balaban J connectivity index is 1.82. The molecule has 26 heavy (non-hydrogen) atoms. The maximum absolute atomic E-state index is 13.3. The lowest BCUT2D eigenvalue weighted by Crippen LogP contribution is -2.15. The third-order valence-electron chi connectivity index (χ3n) is 3.60. The number of halogens is 2. The number of carbonyl (C=O) groups excluding carboxylic acids is 1. The van der Waals surface area contributed by atoms with Crippen molar-refractivity contribution < 1.29 is 9.18 Å². The van der Waals surface area contributed by atoms with Crippen LogP contribution in [0, 0.1) is 19.7 Å². The molecule has 132 valence electrons. The normalized spacial score (nSPS) is 10.5. The molecular weight excluding hydrogens is 355 g/mol. The number of hydrogen-bond donors (Lipinski definition) is 2. The van der Waals surface area contributed by atoms with Crippen LogP contribution in [-0.2, 0) is 0 Å². The van der Waals surface area contributed by atoms with E-state index in [1.165, 1.54) is 12.1 Å². The second-order valence-corrected chi connectivity index (χ2v) is 6.18. The molecule has 3 aromatic rings. The number of benzene rings is 2. The van der Waals surface area contributed by atoms with E-state index >= 15 is 0 Å². The first-order valence-corrected chi connectivity index (χ1v) is 8.24. The van der Waals surface area contributed by atoms with Crippen LogP contribution in [0.3, 0.4) is 0 Å². The number of anilines is 3. The van der Waals surface area contributed by atoms with Gasteiger partial charge in [-0.3, -0.25) is 4.79 Å². The van der Waals surface area contributed by atoms with Gasteiger partial charge >= 0.3 is 0 Å². The molecule has 0 saturated carbocycles. The first-order valence-electron chi connectivity index (χ1n) is 7.86. The van der Waals surface area contributed by atoms with E-state index in [4.69, 9.17) is 11.6 Å². The summed E-state index contributed by atoms with van der Waals surface area (Å²) in [4.78, 5) is 20.9. The van der Waals surface area contributed by atoms with Crippen LogP contribution in [0.5, 0.6) is 0 Å². The van der Waals surface area contributed by atoms with Crippen LogP contribution in [0.4, 0.5) is 21.7 Å². The van der Waals surface area contributed by atoms with E-state index in [9.17, 15) is 9.18 Å². The number of rotatable bonds is 4. The number of carbonyl (C=O) groups is 1. The molecule has 0 aliphatic carbocycles. The largest absolute Gasteiger partial charge is 0.324 e. The molecule has 1 amide bonds. The predicted octanol–water partition coefficient (Wildman–Crippen LogP) is 4.88. The van der Waals surface area contributed by atoms with Gasteiger partial charge in [0, 0.05) is 22.1 Å². The minimum Gasteiger partial charge on any atom is -0.324 e. The topological polar surface area (TPSA) is 66.9 Å². The molecule has 1 aromatic heterocycles. The van der Waals surface area contributed by atoms with E-state index in [1.807, 2.05) is 13.0 Å². The molecule has 0 bridgehead atoms. The quantitative estimate of drug-likeness (QED) is 0.686. The van der Waals surface area contributed by atoms with Gasteiger partial charge in [0.2, 0.25) is 5.95 Å². The molecule has 0 atom stereocenters. The first kappa shape index (κ1) is 17.8. The van der Waals surface area contributed by atoms with Gasteiger partial charge in [-0.05, 0) is 55.8 Å². The fourth-order valence-corrected chi connectivity index (χ4v) is 2.48. The molecule has 0 saturated heterocycles. The monoisotopic (exact) mass is 370 g/mol. The minimum absolute atomic E-state index is 0.188. The number of hydrogen-bond acceptors (Lipinski definition) is 4. The van der Waals surface area contributed by atoms with Crippen molar-refractivity contribution in [3.05, 3.63) is 76.3 Å². The zero-order chi connectivity index (χ0) is 18.7. The summed E-state index contributed by atoms with van der Waals surface area (Å²) >= 11 is 6.08. The predicted molar refractivity (Wildman–Crippen MR) is 101 cm³/mol. The van der Waals surface area contributed by atoms with E-state index in [-0.39, 0.29) is 17.5 Å². The summed E-state index contributed by atoms with van der Waals surface area (Å²) in [6.07, 6.45) is 0. The summed E-state index contributed by atoms with van der Waals surface area (Å²) in [5.41, 5.74) is 2.77. The lowest BCUT2D eigenvalue weighted by Gasteiger charge is -2.09. The van der Waals surface area contributed by atoms with Gasteiger partial charge in [0.1, 0.15) is 11.5 Å². The fraction of sp³-hybridized carbons (Fsp3) is 0.105. The molecule has 5 nitrogen and oxygen atoms in total. The molecule has 1 heterocycles. The molecule has 0 spiro atoms. The average molecular weight is 371 g/mol. The van der Waals surface area contributed by atoms with E-state index in [2.05, 4.69) is 20.6 Å². The van der Waals surface area contributed by atoms with Crippen molar-refractivity contribution in [2.75, 3.05) is 10.6 Å². The summed E-state index contributed by atoms with van der Waals surface area (Å²) in [6, 6.07) is 12.7. The maximum Gasteiger partial charge on any atom is 0.274 e. The summed E-state index contributed by atoms with van der Waals surface area (Å²) < 4.78 is 13.3. The van der Waals surface area contributed by atoms with Gasteiger partial charge < -0.3 is 10.6 Å². The van der Waals surface area contributed by atoms with Gasteiger partial charge in [-0.25, -0.2) is 14.4 Å². The van der Waals surface area contributed by atoms with Gasteiger partial charge in [-0.15, -0.1) is 0 Å². The summed E-state index contributed by atoms with van der Waals surface area (Å²) in [5, 5.41) is 6.22. The van der Waals surface area contributed by atoms with Crippen LogP contribution in [0.25, 0.3) is 0 Å². The van der Waals surface area contributed by atoms with E-state index < -0.39 is 5.91 Å². The highest BCUT2D eigenvalue weighted by Gasteiger charge is 2.12. The molecule has 0 unspecified atom stereocenters. The zero-order valence-electron chi connectivity index (χ0n) is 14.2. The molecule has 2 aromatic carbocycles. The van der Waals surface area contributed by atoms with Crippen LogP contribution in [-0.4, -0.2) is 15.9 Å². The third-order valence-corrected chi connectivity index (χ3v) is 4.00. The van der Waals surface area contributed by atoms with Gasteiger partial charge in [-0.1, -0.05) is 23.7 Å².